The van der Waals surface area contributed by atoms with Crippen molar-refractivity contribution in [1.82, 2.24) is 0 Å². The summed E-state index contributed by atoms with van der Waals surface area (Å²) in [5, 5.41) is 0. The average molecular weight is 222 g/mol. The maximum Gasteiger partial charge on any atom is 0.207 e. The van der Waals surface area contributed by atoms with Gasteiger partial charge < -0.3 is 13.9 Å². The van der Waals surface area contributed by atoms with E-state index in [2.05, 4.69) is 0 Å². The second-order valence-electron chi connectivity index (χ2n) is 3.14. The maximum atomic E-state index is 13.8. The predicted molar refractivity (Wildman–Crippen MR) is 57.2 cm³/mol. The largest absolute Gasteiger partial charge is 0.494 e. The molecule has 0 aliphatic carbocycles. The SMILES string of the molecule is COc1ccc(-c2ccco2)c(OC)c1F. The summed E-state index contributed by atoms with van der Waals surface area (Å²) < 4.78 is 28.9. The van der Waals surface area contributed by atoms with E-state index in [-0.39, 0.29) is 11.5 Å². The Morgan fingerprint density at radius 3 is 2.50 bits per heavy atom. The lowest BCUT2D eigenvalue weighted by molar-refractivity contribution is 0.351. The molecule has 16 heavy (non-hydrogen) atoms. The Bertz CT molecular complexity index is 477. The first-order chi connectivity index (χ1) is 7.77. The molecule has 0 amide bonds. The zero-order valence-electron chi connectivity index (χ0n) is 8.99. The molecule has 0 bridgehead atoms. The minimum Gasteiger partial charge on any atom is -0.494 e. The molecule has 0 radical (unpaired) electrons. The average Bonchev–Trinajstić information content (AvgIpc) is 2.82. The van der Waals surface area contributed by atoms with Crippen molar-refractivity contribution in [2.45, 2.75) is 0 Å². The van der Waals surface area contributed by atoms with Crippen molar-refractivity contribution in [2.24, 2.45) is 0 Å². The summed E-state index contributed by atoms with van der Waals surface area (Å²) in [4.78, 5) is 0. The van der Waals surface area contributed by atoms with E-state index in [0.29, 0.717) is 11.3 Å². The highest BCUT2D eigenvalue weighted by Crippen LogP contribution is 2.36. The van der Waals surface area contributed by atoms with Crippen LogP contribution in [0.1, 0.15) is 0 Å². The summed E-state index contributed by atoms with van der Waals surface area (Å²) in [6.45, 7) is 0. The summed E-state index contributed by atoms with van der Waals surface area (Å²) in [5.74, 6) is 0.291. The van der Waals surface area contributed by atoms with Crippen LogP contribution in [-0.4, -0.2) is 14.2 Å². The van der Waals surface area contributed by atoms with Gasteiger partial charge >= 0.3 is 0 Å². The van der Waals surface area contributed by atoms with Crippen LogP contribution in [0.5, 0.6) is 11.5 Å². The highest BCUT2D eigenvalue weighted by atomic mass is 19.1. The normalized spacial score (nSPS) is 10.2. The summed E-state index contributed by atoms with van der Waals surface area (Å²) in [6.07, 6.45) is 1.52. The monoisotopic (exact) mass is 222 g/mol. The first-order valence-corrected chi connectivity index (χ1v) is 4.72. The van der Waals surface area contributed by atoms with Crippen molar-refractivity contribution in [3.63, 3.8) is 0 Å². The second-order valence-corrected chi connectivity index (χ2v) is 3.14. The van der Waals surface area contributed by atoms with Crippen molar-refractivity contribution >= 4 is 0 Å². The third kappa shape index (κ3) is 1.62. The second kappa shape index (κ2) is 4.26. The van der Waals surface area contributed by atoms with Gasteiger partial charge in [-0.05, 0) is 24.3 Å². The molecule has 84 valence electrons. The van der Waals surface area contributed by atoms with Crippen LogP contribution in [0.25, 0.3) is 11.3 Å². The van der Waals surface area contributed by atoms with Gasteiger partial charge in [0.05, 0.1) is 26.0 Å². The molecule has 0 saturated heterocycles. The molecule has 0 saturated carbocycles. The summed E-state index contributed by atoms with van der Waals surface area (Å²) in [5.41, 5.74) is 0.561. The van der Waals surface area contributed by atoms with E-state index in [0.717, 1.165) is 0 Å². The number of hydrogen-bond acceptors (Lipinski definition) is 3. The fourth-order valence-corrected chi connectivity index (χ4v) is 1.52. The van der Waals surface area contributed by atoms with Crippen LogP contribution in [0.15, 0.2) is 34.9 Å². The number of hydrogen-bond donors (Lipinski definition) is 0. The third-order valence-electron chi connectivity index (χ3n) is 2.27. The highest BCUT2D eigenvalue weighted by molar-refractivity contribution is 5.67. The Balaban J connectivity index is 2.59. The molecule has 1 aromatic carbocycles. The molecule has 1 heterocycles. The smallest absolute Gasteiger partial charge is 0.207 e. The fraction of sp³-hybridized carbons (Fsp3) is 0.167. The van der Waals surface area contributed by atoms with Gasteiger partial charge in [0.1, 0.15) is 5.76 Å². The molecule has 4 heteroatoms. The predicted octanol–water partition coefficient (Wildman–Crippen LogP) is 3.10. The molecule has 3 nitrogen and oxygen atoms in total. The number of furan rings is 1. The van der Waals surface area contributed by atoms with Gasteiger partial charge in [0, 0.05) is 0 Å². The van der Waals surface area contributed by atoms with Crippen LogP contribution >= 0.6 is 0 Å². The molecule has 0 atom stereocenters. The van der Waals surface area contributed by atoms with Crippen LogP contribution in [0, 0.1) is 5.82 Å². The summed E-state index contributed by atoms with van der Waals surface area (Å²) >= 11 is 0. The molecule has 0 unspecified atom stereocenters. The van der Waals surface area contributed by atoms with E-state index in [1.54, 1.807) is 18.2 Å². The molecule has 2 aromatic rings. The van der Waals surface area contributed by atoms with Crippen molar-refractivity contribution in [3.8, 4) is 22.8 Å². The molecular formula is C12H11FO3. The Hall–Kier alpha value is -1.97. The molecule has 0 aliphatic heterocycles. The molecule has 0 spiro atoms. The summed E-state index contributed by atoms with van der Waals surface area (Å²) in [6, 6.07) is 6.70. The van der Waals surface area contributed by atoms with Gasteiger partial charge in [-0.25, -0.2) is 0 Å². The molecule has 1 aromatic heterocycles. The first kappa shape index (κ1) is 10.5. The number of rotatable bonds is 3. The van der Waals surface area contributed by atoms with Gasteiger partial charge in [-0.15, -0.1) is 0 Å². The third-order valence-corrected chi connectivity index (χ3v) is 2.27. The molecule has 0 aliphatic rings. The number of methoxy groups -OCH3 is 2. The topological polar surface area (TPSA) is 31.6 Å². The van der Waals surface area contributed by atoms with Gasteiger partial charge in [-0.3, -0.25) is 0 Å². The quantitative estimate of drug-likeness (QED) is 0.799. The van der Waals surface area contributed by atoms with Crippen LogP contribution in [0.3, 0.4) is 0 Å². The van der Waals surface area contributed by atoms with Crippen LogP contribution < -0.4 is 9.47 Å². The minimum absolute atomic E-state index is 0.120. The molecule has 0 fully saturated rings. The number of benzene rings is 1. The lowest BCUT2D eigenvalue weighted by Gasteiger charge is -2.10. The Morgan fingerprint density at radius 1 is 1.12 bits per heavy atom. The fourth-order valence-electron chi connectivity index (χ4n) is 1.52. The van der Waals surface area contributed by atoms with Gasteiger partial charge in [-0.2, -0.15) is 4.39 Å². The van der Waals surface area contributed by atoms with Crippen LogP contribution in [-0.2, 0) is 0 Å². The highest BCUT2D eigenvalue weighted by Gasteiger charge is 2.17. The standard InChI is InChI=1S/C12H11FO3/c1-14-10-6-5-8(9-4-3-7-16-9)12(15-2)11(10)13/h3-7H,1-2H3. The lowest BCUT2D eigenvalue weighted by atomic mass is 10.1. The summed E-state index contributed by atoms with van der Waals surface area (Å²) in [7, 11) is 2.81. The Labute approximate surface area is 92.4 Å². The van der Waals surface area contributed by atoms with Crippen molar-refractivity contribution in [2.75, 3.05) is 14.2 Å². The van der Waals surface area contributed by atoms with Crippen LogP contribution in [0.4, 0.5) is 4.39 Å². The van der Waals surface area contributed by atoms with Crippen LogP contribution in [0.2, 0.25) is 0 Å². The first-order valence-electron chi connectivity index (χ1n) is 4.72. The number of halogens is 1. The Kier molecular flexibility index (Phi) is 2.81. The van der Waals surface area contributed by atoms with Gasteiger partial charge in [0.2, 0.25) is 5.82 Å². The molecule has 0 N–H and O–H groups in total. The van der Waals surface area contributed by atoms with Crippen molar-refractivity contribution < 1.29 is 18.3 Å². The van der Waals surface area contributed by atoms with Gasteiger partial charge in [-0.1, -0.05) is 0 Å². The van der Waals surface area contributed by atoms with E-state index >= 15 is 0 Å². The Morgan fingerprint density at radius 2 is 1.94 bits per heavy atom. The number of ether oxygens (including phenoxy) is 2. The van der Waals surface area contributed by atoms with E-state index < -0.39 is 5.82 Å². The van der Waals surface area contributed by atoms with Gasteiger partial charge in [0.15, 0.2) is 11.5 Å². The maximum absolute atomic E-state index is 13.8. The van der Waals surface area contributed by atoms with Gasteiger partial charge in [0.25, 0.3) is 0 Å². The lowest BCUT2D eigenvalue weighted by Crippen LogP contribution is -1.95. The van der Waals surface area contributed by atoms with E-state index in [1.807, 2.05) is 0 Å². The zero-order chi connectivity index (χ0) is 11.5. The minimum atomic E-state index is -0.529. The zero-order valence-corrected chi connectivity index (χ0v) is 8.99. The molecular weight excluding hydrogens is 211 g/mol. The molecule has 2 rings (SSSR count). The van der Waals surface area contributed by atoms with E-state index in [1.165, 1.54) is 26.5 Å². The van der Waals surface area contributed by atoms with Crippen molar-refractivity contribution in [3.05, 3.63) is 36.3 Å². The van der Waals surface area contributed by atoms with E-state index in [9.17, 15) is 4.39 Å². The van der Waals surface area contributed by atoms with Crippen molar-refractivity contribution in [1.29, 1.82) is 0 Å². The van der Waals surface area contributed by atoms with E-state index in [4.69, 9.17) is 13.9 Å².